The number of hydrogen-bond acceptors (Lipinski definition) is 6. The van der Waals surface area contributed by atoms with Gasteiger partial charge in [0.1, 0.15) is 5.65 Å². The first kappa shape index (κ1) is 13.5. The van der Waals surface area contributed by atoms with Crippen molar-refractivity contribution in [2.45, 2.75) is 13.0 Å². The van der Waals surface area contributed by atoms with E-state index in [1.54, 1.807) is 23.1 Å². The minimum Gasteiger partial charge on any atom is -0.375 e. The molecule has 1 atom stereocenters. The van der Waals surface area contributed by atoms with Gasteiger partial charge in [0.15, 0.2) is 0 Å². The van der Waals surface area contributed by atoms with Crippen molar-refractivity contribution in [2.75, 3.05) is 24.6 Å². The summed E-state index contributed by atoms with van der Waals surface area (Å²) in [6, 6.07) is 5.02. The van der Waals surface area contributed by atoms with Crippen LogP contribution in [-0.4, -0.2) is 40.1 Å². The molecule has 8 heteroatoms. The van der Waals surface area contributed by atoms with Crippen LogP contribution in [0.3, 0.4) is 0 Å². The number of ether oxygens (including phenoxy) is 1. The Kier molecular flexibility index (Phi) is 3.30. The molecule has 3 rings (SSSR count). The lowest BCUT2D eigenvalue weighted by Gasteiger charge is -2.31. The zero-order valence-electron chi connectivity index (χ0n) is 11.4. The molecule has 0 radical (unpaired) electrons. The minimum absolute atomic E-state index is 0.0608. The minimum atomic E-state index is -0.667. The zero-order valence-corrected chi connectivity index (χ0v) is 11.4. The number of nitrogens with zero attached hydrogens (tertiary/aromatic N) is 4. The summed E-state index contributed by atoms with van der Waals surface area (Å²) in [5, 5.41) is 11.3. The molecular weight excluding hydrogens is 276 g/mol. The molecule has 0 bridgehead atoms. The molecule has 0 N–H and O–H groups in total. The second-order valence-corrected chi connectivity index (χ2v) is 4.90. The summed E-state index contributed by atoms with van der Waals surface area (Å²) < 4.78 is 6.61. The quantitative estimate of drug-likeness (QED) is 0.601. The molecular formula is C13H14N4O4. The fraction of sp³-hybridized carbons (Fsp3) is 0.385. The van der Waals surface area contributed by atoms with Crippen LogP contribution < -0.4 is 10.5 Å². The smallest absolute Gasteiger partial charge is 0.375 e. The van der Waals surface area contributed by atoms with E-state index in [1.165, 1.54) is 10.6 Å². The van der Waals surface area contributed by atoms with Gasteiger partial charge in [0.2, 0.25) is 5.82 Å². The summed E-state index contributed by atoms with van der Waals surface area (Å²) in [4.78, 5) is 29.0. The first-order valence-electron chi connectivity index (χ1n) is 6.60. The average Bonchev–Trinajstić information content (AvgIpc) is 2.46. The standard InChI is InChI=1S/C13H14N4O4/c1-9-8-15(6-7-21-9)12-11(17(19)20)13(18)16-5-3-2-4-10(16)14-12/h2-5,9H,6-8H2,1H3. The fourth-order valence-electron chi connectivity index (χ4n) is 2.46. The molecule has 0 saturated carbocycles. The SMILES string of the molecule is CC1CN(c2nc3ccccn3c(=O)c2[N+](=O)[O-])CCO1. The van der Waals surface area contributed by atoms with Crippen molar-refractivity contribution in [3.05, 3.63) is 44.9 Å². The molecule has 1 fully saturated rings. The van der Waals surface area contributed by atoms with E-state index in [0.717, 1.165) is 0 Å². The van der Waals surface area contributed by atoms with Crippen LogP contribution in [0, 0.1) is 10.1 Å². The van der Waals surface area contributed by atoms with Gasteiger partial charge in [-0.15, -0.1) is 0 Å². The maximum atomic E-state index is 12.3. The van der Waals surface area contributed by atoms with Gasteiger partial charge in [-0.2, -0.15) is 0 Å². The van der Waals surface area contributed by atoms with E-state index in [0.29, 0.717) is 25.3 Å². The first-order chi connectivity index (χ1) is 10.1. The topological polar surface area (TPSA) is 90.0 Å². The highest BCUT2D eigenvalue weighted by Crippen LogP contribution is 2.24. The summed E-state index contributed by atoms with van der Waals surface area (Å²) in [6.07, 6.45) is 1.41. The van der Waals surface area contributed by atoms with Crippen LogP contribution in [0.5, 0.6) is 0 Å². The second kappa shape index (κ2) is 5.13. The predicted molar refractivity (Wildman–Crippen MR) is 75.7 cm³/mol. The Hall–Kier alpha value is -2.48. The predicted octanol–water partition coefficient (Wildman–Crippen LogP) is 0.828. The number of nitro groups is 1. The molecule has 2 aromatic heterocycles. The molecule has 1 aliphatic heterocycles. The van der Waals surface area contributed by atoms with Crippen molar-refractivity contribution in [1.82, 2.24) is 9.38 Å². The summed E-state index contributed by atoms with van der Waals surface area (Å²) in [6.45, 7) is 3.27. The molecule has 2 aromatic rings. The number of rotatable bonds is 2. The third-order valence-corrected chi connectivity index (χ3v) is 3.42. The largest absolute Gasteiger partial charge is 0.376 e. The molecule has 110 valence electrons. The Labute approximate surface area is 119 Å². The summed E-state index contributed by atoms with van der Waals surface area (Å²) in [7, 11) is 0. The Morgan fingerprint density at radius 1 is 1.48 bits per heavy atom. The number of morpholine rings is 1. The van der Waals surface area contributed by atoms with Gasteiger partial charge in [-0.1, -0.05) is 6.07 Å². The summed E-state index contributed by atoms with van der Waals surface area (Å²) in [5.41, 5.74) is -0.769. The number of fused-ring (bicyclic) bond motifs is 1. The lowest BCUT2D eigenvalue weighted by atomic mass is 10.3. The maximum Gasteiger partial charge on any atom is 0.376 e. The molecule has 0 amide bonds. The lowest BCUT2D eigenvalue weighted by Crippen LogP contribution is -2.42. The molecule has 1 saturated heterocycles. The molecule has 1 unspecified atom stereocenters. The maximum absolute atomic E-state index is 12.3. The fourth-order valence-corrected chi connectivity index (χ4v) is 2.46. The van der Waals surface area contributed by atoms with E-state index in [-0.39, 0.29) is 11.9 Å². The van der Waals surface area contributed by atoms with Crippen LogP contribution in [0.1, 0.15) is 6.92 Å². The van der Waals surface area contributed by atoms with Gasteiger partial charge >= 0.3 is 11.2 Å². The molecule has 0 aromatic carbocycles. The van der Waals surface area contributed by atoms with Gasteiger partial charge in [0, 0.05) is 19.3 Å². The first-order valence-corrected chi connectivity index (χ1v) is 6.60. The molecule has 0 aliphatic carbocycles. The van der Waals surface area contributed by atoms with Crippen molar-refractivity contribution in [1.29, 1.82) is 0 Å². The van der Waals surface area contributed by atoms with Crippen LogP contribution in [-0.2, 0) is 4.74 Å². The highest BCUT2D eigenvalue weighted by atomic mass is 16.6. The number of hydrogen-bond donors (Lipinski definition) is 0. The van der Waals surface area contributed by atoms with E-state index in [1.807, 2.05) is 6.92 Å². The molecule has 8 nitrogen and oxygen atoms in total. The highest BCUT2D eigenvalue weighted by Gasteiger charge is 2.30. The average molecular weight is 290 g/mol. The van der Waals surface area contributed by atoms with E-state index in [4.69, 9.17) is 4.74 Å². The lowest BCUT2D eigenvalue weighted by molar-refractivity contribution is -0.385. The molecule has 1 aliphatic rings. The van der Waals surface area contributed by atoms with E-state index in [9.17, 15) is 14.9 Å². The second-order valence-electron chi connectivity index (χ2n) is 4.90. The van der Waals surface area contributed by atoms with Gasteiger partial charge in [0.25, 0.3) is 0 Å². The van der Waals surface area contributed by atoms with Crippen molar-refractivity contribution < 1.29 is 9.66 Å². The van der Waals surface area contributed by atoms with Crippen LogP contribution >= 0.6 is 0 Å². The van der Waals surface area contributed by atoms with Gasteiger partial charge in [-0.25, -0.2) is 4.98 Å². The third-order valence-electron chi connectivity index (χ3n) is 3.42. The third kappa shape index (κ3) is 2.33. The van der Waals surface area contributed by atoms with Gasteiger partial charge in [0.05, 0.1) is 17.6 Å². The van der Waals surface area contributed by atoms with E-state index in [2.05, 4.69) is 4.98 Å². The highest BCUT2D eigenvalue weighted by molar-refractivity contribution is 5.61. The van der Waals surface area contributed by atoms with E-state index < -0.39 is 16.2 Å². The Balaban J connectivity index is 2.23. The normalized spacial score (nSPS) is 18.9. The van der Waals surface area contributed by atoms with Gasteiger partial charge in [-0.05, 0) is 19.1 Å². The molecule has 3 heterocycles. The molecule has 21 heavy (non-hydrogen) atoms. The van der Waals surface area contributed by atoms with Crippen molar-refractivity contribution in [2.24, 2.45) is 0 Å². The van der Waals surface area contributed by atoms with Crippen LogP contribution in [0.2, 0.25) is 0 Å². The number of anilines is 1. The van der Waals surface area contributed by atoms with Gasteiger partial charge < -0.3 is 9.64 Å². The van der Waals surface area contributed by atoms with Gasteiger partial charge in [-0.3, -0.25) is 19.3 Å². The van der Waals surface area contributed by atoms with E-state index >= 15 is 0 Å². The molecule has 0 spiro atoms. The van der Waals surface area contributed by atoms with Crippen molar-refractivity contribution >= 4 is 17.2 Å². The van der Waals surface area contributed by atoms with Crippen molar-refractivity contribution in [3.8, 4) is 0 Å². The number of pyridine rings is 1. The Morgan fingerprint density at radius 3 is 3.00 bits per heavy atom. The van der Waals surface area contributed by atoms with Crippen LogP contribution in [0.4, 0.5) is 11.5 Å². The summed E-state index contributed by atoms with van der Waals surface area (Å²) >= 11 is 0. The van der Waals surface area contributed by atoms with Crippen LogP contribution in [0.15, 0.2) is 29.2 Å². The Morgan fingerprint density at radius 2 is 2.29 bits per heavy atom. The zero-order chi connectivity index (χ0) is 15.0. The van der Waals surface area contributed by atoms with Crippen LogP contribution in [0.25, 0.3) is 5.65 Å². The Bertz CT molecular complexity index is 757. The number of aromatic nitrogens is 2. The summed E-state index contributed by atoms with van der Waals surface area (Å²) in [5.74, 6) is 0.117. The van der Waals surface area contributed by atoms with Crippen molar-refractivity contribution in [3.63, 3.8) is 0 Å². The monoisotopic (exact) mass is 290 g/mol.